The van der Waals surface area contributed by atoms with Crippen LogP contribution < -0.4 is 11.1 Å². The first-order valence-electron chi connectivity index (χ1n) is 6.80. The molecule has 3 N–H and O–H groups in total. The van der Waals surface area contributed by atoms with Crippen molar-refractivity contribution in [2.75, 3.05) is 13.2 Å². The first kappa shape index (κ1) is 12.8. The topological polar surface area (TPSA) is 64.4 Å². The molecule has 1 heterocycles. The molecule has 4 heteroatoms. The summed E-state index contributed by atoms with van der Waals surface area (Å²) in [6.07, 6.45) is 5.57. The van der Waals surface area contributed by atoms with Gasteiger partial charge in [0.15, 0.2) is 0 Å². The molecule has 0 aromatic rings. The largest absolute Gasteiger partial charge is 0.381 e. The fourth-order valence-corrected chi connectivity index (χ4v) is 2.54. The van der Waals surface area contributed by atoms with Crippen LogP contribution >= 0.6 is 0 Å². The van der Waals surface area contributed by atoms with E-state index in [1.165, 1.54) is 12.8 Å². The number of nitrogens with one attached hydrogen (secondary N) is 1. The van der Waals surface area contributed by atoms with Gasteiger partial charge in [0.1, 0.15) is 0 Å². The second kappa shape index (κ2) is 5.83. The molecule has 2 aliphatic rings. The molecule has 17 heavy (non-hydrogen) atoms. The fourth-order valence-electron chi connectivity index (χ4n) is 2.54. The Kier molecular flexibility index (Phi) is 4.40. The van der Waals surface area contributed by atoms with Gasteiger partial charge < -0.3 is 15.8 Å². The van der Waals surface area contributed by atoms with E-state index in [4.69, 9.17) is 10.5 Å². The van der Waals surface area contributed by atoms with Crippen LogP contribution in [-0.2, 0) is 9.53 Å². The average Bonchev–Trinajstić information content (AvgIpc) is 3.12. The molecular weight excluding hydrogens is 216 g/mol. The van der Waals surface area contributed by atoms with Crippen LogP contribution in [0.1, 0.15) is 39.0 Å². The molecule has 1 saturated heterocycles. The van der Waals surface area contributed by atoms with Crippen molar-refractivity contribution in [2.45, 2.75) is 51.1 Å². The van der Waals surface area contributed by atoms with E-state index in [2.05, 4.69) is 12.2 Å². The number of carbonyl (C=O) groups is 1. The van der Waals surface area contributed by atoms with Crippen molar-refractivity contribution in [3.05, 3.63) is 0 Å². The van der Waals surface area contributed by atoms with E-state index in [-0.39, 0.29) is 23.9 Å². The highest BCUT2D eigenvalue weighted by molar-refractivity contribution is 5.82. The standard InChI is InChI=1S/C13H24N2O2/c1-9(8-10-2-3-10)15-13(16)12(14)11-4-6-17-7-5-11/h9-12H,2-8,14H2,1H3,(H,15,16). The summed E-state index contributed by atoms with van der Waals surface area (Å²) in [4.78, 5) is 12.0. The Morgan fingerprint density at radius 1 is 1.35 bits per heavy atom. The molecular formula is C13H24N2O2. The van der Waals surface area contributed by atoms with Crippen LogP contribution in [0.5, 0.6) is 0 Å². The quantitative estimate of drug-likeness (QED) is 0.755. The van der Waals surface area contributed by atoms with Crippen molar-refractivity contribution >= 4 is 5.91 Å². The lowest BCUT2D eigenvalue weighted by Crippen LogP contribution is -2.49. The van der Waals surface area contributed by atoms with Crippen molar-refractivity contribution in [1.29, 1.82) is 0 Å². The van der Waals surface area contributed by atoms with Gasteiger partial charge in [0.2, 0.25) is 5.91 Å². The Balaban J connectivity index is 1.72. The predicted molar refractivity (Wildman–Crippen MR) is 66.5 cm³/mol. The average molecular weight is 240 g/mol. The zero-order valence-electron chi connectivity index (χ0n) is 10.7. The van der Waals surface area contributed by atoms with E-state index >= 15 is 0 Å². The summed E-state index contributed by atoms with van der Waals surface area (Å²) in [6.45, 7) is 3.56. The third kappa shape index (κ3) is 3.96. The van der Waals surface area contributed by atoms with Gasteiger partial charge >= 0.3 is 0 Å². The first-order chi connectivity index (χ1) is 8.16. The van der Waals surface area contributed by atoms with Gasteiger partial charge in [-0.3, -0.25) is 4.79 Å². The molecule has 1 amide bonds. The lowest BCUT2D eigenvalue weighted by molar-refractivity contribution is -0.125. The molecule has 1 aliphatic heterocycles. The maximum Gasteiger partial charge on any atom is 0.237 e. The summed E-state index contributed by atoms with van der Waals surface area (Å²) in [6, 6.07) is -0.0959. The van der Waals surface area contributed by atoms with E-state index in [0.29, 0.717) is 0 Å². The van der Waals surface area contributed by atoms with Crippen molar-refractivity contribution in [2.24, 2.45) is 17.6 Å². The van der Waals surface area contributed by atoms with Crippen LogP contribution in [0.2, 0.25) is 0 Å². The van der Waals surface area contributed by atoms with Gasteiger partial charge in [-0.1, -0.05) is 12.8 Å². The highest BCUT2D eigenvalue weighted by atomic mass is 16.5. The summed E-state index contributed by atoms with van der Waals surface area (Å²) in [7, 11) is 0. The van der Waals surface area contributed by atoms with E-state index in [9.17, 15) is 4.79 Å². The summed E-state index contributed by atoms with van der Waals surface area (Å²) in [5.74, 6) is 1.14. The van der Waals surface area contributed by atoms with Crippen molar-refractivity contribution in [3.63, 3.8) is 0 Å². The molecule has 2 rings (SSSR count). The molecule has 2 fully saturated rings. The van der Waals surface area contributed by atoms with Gasteiger partial charge in [0.05, 0.1) is 6.04 Å². The Hall–Kier alpha value is -0.610. The van der Waals surface area contributed by atoms with E-state index in [1.54, 1.807) is 0 Å². The van der Waals surface area contributed by atoms with Crippen LogP contribution in [0.15, 0.2) is 0 Å². The molecule has 0 radical (unpaired) electrons. The minimum Gasteiger partial charge on any atom is -0.381 e. The van der Waals surface area contributed by atoms with Gasteiger partial charge in [-0.25, -0.2) is 0 Å². The second-order valence-electron chi connectivity index (χ2n) is 5.56. The number of ether oxygens (including phenoxy) is 1. The molecule has 2 unspecified atom stereocenters. The molecule has 1 aliphatic carbocycles. The molecule has 1 saturated carbocycles. The number of amides is 1. The van der Waals surface area contributed by atoms with Crippen molar-refractivity contribution in [1.82, 2.24) is 5.32 Å². The maximum atomic E-state index is 12.0. The minimum atomic E-state index is -0.361. The first-order valence-corrected chi connectivity index (χ1v) is 6.80. The summed E-state index contributed by atoms with van der Waals surface area (Å²) in [5.41, 5.74) is 6.02. The lowest BCUT2D eigenvalue weighted by Gasteiger charge is -2.27. The maximum absolute atomic E-state index is 12.0. The molecule has 2 atom stereocenters. The summed E-state index contributed by atoms with van der Waals surface area (Å²) in [5, 5.41) is 3.04. The van der Waals surface area contributed by atoms with Crippen LogP contribution in [0.3, 0.4) is 0 Å². The van der Waals surface area contributed by atoms with E-state index in [0.717, 1.165) is 38.4 Å². The van der Waals surface area contributed by atoms with Crippen LogP contribution in [0.4, 0.5) is 0 Å². The SMILES string of the molecule is CC(CC1CC1)NC(=O)C(N)C1CCOCC1. The van der Waals surface area contributed by atoms with Gasteiger partial charge in [-0.05, 0) is 38.0 Å². The molecule has 98 valence electrons. The monoisotopic (exact) mass is 240 g/mol. The van der Waals surface area contributed by atoms with Crippen molar-refractivity contribution < 1.29 is 9.53 Å². The molecule has 4 nitrogen and oxygen atoms in total. The number of hydrogen-bond donors (Lipinski definition) is 2. The van der Waals surface area contributed by atoms with Crippen molar-refractivity contribution in [3.8, 4) is 0 Å². The van der Waals surface area contributed by atoms with Gasteiger partial charge in [0, 0.05) is 19.3 Å². The van der Waals surface area contributed by atoms with Crippen LogP contribution in [-0.4, -0.2) is 31.2 Å². The molecule has 0 bridgehead atoms. The molecule has 0 spiro atoms. The minimum absolute atomic E-state index is 0.0186. The molecule has 0 aromatic carbocycles. The number of rotatable bonds is 5. The summed E-state index contributed by atoms with van der Waals surface area (Å²) < 4.78 is 5.28. The third-order valence-electron chi connectivity index (χ3n) is 3.85. The third-order valence-corrected chi connectivity index (χ3v) is 3.85. The number of hydrogen-bond acceptors (Lipinski definition) is 3. The zero-order valence-corrected chi connectivity index (χ0v) is 10.7. The van der Waals surface area contributed by atoms with Crippen LogP contribution in [0.25, 0.3) is 0 Å². The molecule has 0 aromatic heterocycles. The Labute approximate surface area is 103 Å². The lowest BCUT2D eigenvalue weighted by atomic mass is 9.91. The van der Waals surface area contributed by atoms with Crippen LogP contribution in [0, 0.1) is 11.8 Å². The highest BCUT2D eigenvalue weighted by Gasteiger charge is 2.29. The normalized spacial score (nSPS) is 25.3. The summed E-state index contributed by atoms with van der Waals surface area (Å²) >= 11 is 0. The Morgan fingerprint density at radius 3 is 2.59 bits per heavy atom. The number of nitrogens with two attached hydrogens (primary N) is 1. The van der Waals surface area contributed by atoms with E-state index in [1.807, 2.05) is 0 Å². The predicted octanol–water partition coefficient (Wildman–Crippen LogP) is 1.05. The van der Waals surface area contributed by atoms with Gasteiger partial charge in [-0.2, -0.15) is 0 Å². The second-order valence-corrected chi connectivity index (χ2v) is 5.56. The Morgan fingerprint density at radius 2 is 2.00 bits per heavy atom. The van der Waals surface area contributed by atoms with Gasteiger partial charge in [-0.15, -0.1) is 0 Å². The number of carbonyl (C=O) groups excluding carboxylic acids is 1. The van der Waals surface area contributed by atoms with E-state index < -0.39 is 0 Å². The highest BCUT2D eigenvalue weighted by Crippen LogP contribution is 2.33. The fraction of sp³-hybridized carbons (Fsp3) is 0.923. The van der Waals surface area contributed by atoms with Gasteiger partial charge in [0.25, 0.3) is 0 Å². The zero-order chi connectivity index (χ0) is 12.3. The Bertz CT molecular complexity index is 260. The smallest absolute Gasteiger partial charge is 0.237 e.